The maximum atomic E-state index is 14.2. The predicted octanol–water partition coefficient (Wildman–Crippen LogP) is 9.44. The Morgan fingerprint density at radius 2 is 1.76 bits per heavy atom. The zero-order valence-electron chi connectivity index (χ0n) is 22.9. The van der Waals surface area contributed by atoms with Crippen molar-refractivity contribution in [2.75, 3.05) is 5.32 Å². The van der Waals surface area contributed by atoms with Crippen LogP contribution in [0, 0.1) is 18.7 Å². The Balaban J connectivity index is 1.16. The number of fused-ring (bicyclic) bond motifs is 4. The SMILES string of the molecule is Cc1ccc2c(c1)[C@@H]1C=CC[C@H]1[C@H](c1ccc(N=Cc3c(OCc4ccccc4F)ccc4ccccc34)cc1)N2. The topological polar surface area (TPSA) is 33.6 Å². The molecular formula is C37H31FN2O. The molecule has 4 heteroatoms. The number of hydrogen-bond acceptors (Lipinski definition) is 3. The monoisotopic (exact) mass is 538 g/mol. The standard InChI is InChI=1S/C37H31FN2O/c1-24-13-19-35-32(21-24)30-10-6-11-31(30)37(40-35)26-14-17-28(18-15-26)39-22-33-29-9-4-2-7-25(29)16-20-36(33)41-23-27-8-3-5-12-34(27)38/h2-10,12-22,30-31,37,40H,11,23H2,1H3/t30-,31-,37+/m1/s1. The van der Waals surface area contributed by atoms with Crippen LogP contribution in [0.3, 0.4) is 0 Å². The highest BCUT2D eigenvalue weighted by Gasteiger charge is 2.37. The molecule has 0 saturated carbocycles. The summed E-state index contributed by atoms with van der Waals surface area (Å²) in [5.41, 5.74) is 7.48. The zero-order chi connectivity index (χ0) is 27.8. The Labute approximate surface area is 240 Å². The van der Waals surface area contributed by atoms with Crippen LogP contribution in [0.5, 0.6) is 5.75 Å². The van der Waals surface area contributed by atoms with E-state index < -0.39 is 0 Å². The molecule has 0 fully saturated rings. The summed E-state index contributed by atoms with van der Waals surface area (Å²) in [5, 5.41) is 5.97. The number of nitrogens with one attached hydrogen (secondary N) is 1. The van der Waals surface area contributed by atoms with Crippen molar-refractivity contribution >= 4 is 28.4 Å². The summed E-state index contributed by atoms with van der Waals surface area (Å²) >= 11 is 0. The third-order valence-corrected chi connectivity index (χ3v) is 8.38. The van der Waals surface area contributed by atoms with Gasteiger partial charge in [-0.25, -0.2) is 4.39 Å². The molecule has 41 heavy (non-hydrogen) atoms. The second-order valence-corrected chi connectivity index (χ2v) is 11.0. The molecule has 3 nitrogen and oxygen atoms in total. The van der Waals surface area contributed by atoms with E-state index in [2.05, 4.69) is 79.0 Å². The predicted molar refractivity (Wildman–Crippen MR) is 166 cm³/mol. The van der Waals surface area contributed by atoms with Crippen molar-refractivity contribution in [3.05, 3.63) is 149 Å². The molecule has 0 bridgehead atoms. The summed E-state index contributed by atoms with van der Waals surface area (Å²) in [6.45, 7) is 2.31. The lowest BCUT2D eigenvalue weighted by molar-refractivity contribution is 0.300. The molecule has 5 aromatic carbocycles. The van der Waals surface area contributed by atoms with Crippen LogP contribution < -0.4 is 10.1 Å². The number of aliphatic imine (C=N–C) groups is 1. The number of rotatable bonds is 6. The Kier molecular flexibility index (Phi) is 6.60. The van der Waals surface area contributed by atoms with Crippen LogP contribution in [0.1, 0.15) is 46.2 Å². The average Bonchev–Trinajstić information content (AvgIpc) is 3.50. The van der Waals surface area contributed by atoms with Gasteiger partial charge in [0, 0.05) is 28.9 Å². The summed E-state index contributed by atoms with van der Waals surface area (Å²) in [5.74, 6) is 1.35. The molecule has 0 amide bonds. The molecule has 202 valence electrons. The van der Waals surface area contributed by atoms with Crippen molar-refractivity contribution in [3.63, 3.8) is 0 Å². The maximum absolute atomic E-state index is 14.2. The molecule has 1 N–H and O–H groups in total. The summed E-state index contributed by atoms with van der Waals surface area (Å²) < 4.78 is 20.4. The van der Waals surface area contributed by atoms with E-state index in [1.165, 1.54) is 28.4 Å². The number of anilines is 1. The Morgan fingerprint density at radius 1 is 0.927 bits per heavy atom. The third kappa shape index (κ3) is 4.91. The first-order chi connectivity index (χ1) is 20.1. The molecule has 0 radical (unpaired) electrons. The Bertz CT molecular complexity index is 1790. The molecule has 0 spiro atoms. The van der Waals surface area contributed by atoms with Gasteiger partial charge < -0.3 is 10.1 Å². The fourth-order valence-corrected chi connectivity index (χ4v) is 6.26. The van der Waals surface area contributed by atoms with Crippen molar-refractivity contribution in [1.29, 1.82) is 0 Å². The van der Waals surface area contributed by atoms with Gasteiger partial charge in [0.1, 0.15) is 18.2 Å². The fraction of sp³-hybridized carbons (Fsp3) is 0.162. The highest BCUT2D eigenvalue weighted by atomic mass is 19.1. The number of nitrogens with zero attached hydrogens (tertiary/aromatic N) is 1. The van der Waals surface area contributed by atoms with Gasteiger partial charge in [-0.3, -0.25) is 4.99 Å². The number of halogens is 1. The van der Waals surface area contributed by atoms with Gasteiger partial charge in [0.15, 0.2) is 0 Å². The molecule has 0 saturated heterocycles. The first-order valence-corrected chi connectivity index (χ1v) is 14.2. The van der Waals surface area contributed by atoms with Crippen LogP contribution in [0.15, 0.2) is 120 Å². The number of ether oxygens (including phenoxy) is 1. The van der Waals surface area contributed by atoms with E-state index in [0.717, 1.165) is 28.4 Å². The van der Waals surface area contributed by atoms with E-state index in [1.807, 2.05) is 36.5 Å². The zero-order valence-corrected chi connectivity index (χ0v) is 22.9. The molecular weight excluding hydrogens is 507 g/mol. The van der Waals surface area contributed by atoms with Gasteiger partial charge in [-0.05, 0) is 71.5 Å². The van der Waals surface area contributed by atoms with Crippen molar-refractivity contribution in [1.82, 2.24) is 0 Å². The van der Waals surface area contributed by atoms with E-state index in [1.54, 1.807) is 12.1 Å². The summed E-state index contributed by atoms with van der Waals surface area (Å²) in [6, 6.07) is 34.4. The first kappa shape index (κ1) is 25.3. The van der Waals surface area contributed by atoms with E-state index in [0.29, 0.717) is 23.1 Å². The summed E-state index contributed by atoms with van der Waals surface area (Å²) in [7, 11) is 0. The molecule has 3 atom stereocenters. The number of hydrogen-bond donors (Lipinski definition) is 1. The number of benzene rings is 5. The van der Waals surface area contributed by atoms with E-state index in [-0.39, 0.29) is 18.5 Å². The second-order valence-electron chi connectivity index (χ2n) is 11.0. The van der Waals surface area contributed by atoms with Crippen LogP contribution in [-0.2, 0) is 6.61 Å². The highest BCUT2D eigenvalue weighted by molar-refractivity contribution is 6.03. The van der Waals surface area contributed by atoms with Crippen LogP contribution in [0.2, 0.25) is 0 Å². The van der Waals surface area contributed by atoms with E-state index in [4.69, 9.17) is 9.73 Å². The van der Waals surface area contributed by atoms with Crippen LogP contribution in [0.25, 0.3) is 10.8 Å². The van der Waals surface area contributed by atoms with Gasteiger partial charge in [0.05, 0.1) is 11.7 Å². The van der Waals surface area contributed by atoms with Gasteiger partial charge in [0.2, 0.25) is 0 Å². The lowest BCUT2D eigenvalue weighted by atomic mass is 9.76. The fourth-order valence-electron chi connectivity index (χ4n) is 6.26. The molecule has 2 aliphatic rings. The maximum Gasteiger partial charge on any atom is 0.129 e. The molecule has 1 aliphatic carbocycles. The van der Waals surface area contributed by atoms with Crippen LogP contribution >= 0.6 is 0 Å². The van der Waals surface area contributed by atoms with E-state index >= 15 is 0 Å². The minimum atomic E-state index is -0.269. The average molecular weight is 539 g/mol. The minimum Gasteiger partial charge on any atom is -0.488 e. The van der Waals surface area contributed by atoms with Gasteiger partial charge in [-0.1, -0.05) is 90.5 Å². The minimum absolute atomic E-state index is 0.147. The van der Waals surface area contributed by atoms with Crippen molar-refractivity contribution in [2.45, 2.75) is 31.9 Å². The Morgan fingerprint density at radius 3 is 2.63 bits per heavy atom. The smallest absolute Gasteiger partial charge is 0.129 e. The third-order valence-electron chi connectivity index (χ3n) is 8.38. The van der Waals surface area contributed by atoms with Gasteiger partial charge in [-0.15, -0.1) is 0 Å². The molecule has 0 aromatic heterocycles. The molecule has 7 rings (SSSR count). The largest absolute Gasteiger partial charge is 0.488 e. The van der Waals surface area contributed by atoms with Crippen LogP contribution in [-0.4, -0.2) is 6.21 Å². The molecule has 1 aliphatic heterocycles. The quantitative estimate of drug-likeness (QED) is 0.173. The van der Waals surface area contributed by atoms with Gasteiger partial charge >= 0.3 is 0 Å². The van der Waals surface area contributed by atoms with Crippen molar-refractivity contribution < 1.29 is 9.13 Å². The number of allylic oxidation sites excluding steroid dienone is 2. The van der Waals surface area contributed by atoms with E-state index in [9.17, 15) is 4.39 Å². The van der Waals surface area contributed by atoms with Crippen molar-refractivity contribution in [2.24, 2.45) is 10.9 Å². The molecule has 5 aromatic rings. The first-order valence-electron chi connectivity index (χ1n) is 14.2. The van der Waals surface area contributed by atoms with Gasteiger partial charge in [-0.2, -0.15) is 0 Å². The van der Waals surface area contributed by atoms with Gasteiger partial charge in [0.25, 0.3) is 0 Å². The lowest BCUT2D eigenvalue weighted by Crippen LogP contribution is -2.29. The van der Waals surface area contributed by atoms with Crippen LogP contribution in [0.4, 0.5) is 15.8 Å². The second kappa shape index (κ2) is 10.7. The van der Waals surface area contributed by atoms with Crippen molar-refractivity contribution in [3.8, 4) is 5.75 Å². The lowest BCUT2D eigenvalue weighted by Gasteiger charge is -2.37. The highest BCUT2D eigenvalue weighted by Crippen LogP contribution is 2.50. The summed E-state index contributed by atoms with van der Waals surface area (Å²) in [6.07, 6.45) is 7.65. The Hall–Kier alpha value is -4.70. The number of aryl methyl sites for hydroxylation is 1. The molecule has 0 unspecified atom stereocenters. The molecule has 1 heterocycles. The summed E-state index contributed by atoms with van der Waals surface area (Å²) in [4.78, 5) is 4.85. The normalized spacial score (nSPS) is 19.2.